The van der Waals surface area contributed by atoms with Crippen LogP contribution >= 0.6 is 15.9 Å². The average molecular weight is 241 g/mol. The Morgan fingerprint density at radius 2 is 2.08 bits per heavy atom. The fourth-order valence-corrected chi connectivity index (χ4v) is 2.50. The first kappa shape index (κ1) is 9.22. The van der Waals surface area contributed by atoms with E-state index in [1.165, 1.54) is 5.56 Å². The molecule has 0 unspecified atom stereocenters. The molecule has 0 fully saturated rings. The summed E-state index contributed by atoms with van der Waals surface area (Å²) in [4.78, 5) is 0.219. The summed E-state index contributed by atoms with van der Waals surface area (Å²) in [5.41, 5.74) is 2.40. The monoisotopic (exact) mass is 240 g/mol. The maximum atomic E-state index is 9.96. The van der Waals surface area contributed by atoms with Crippen molar-refractivity contribution in [2.24, 2.45) is 0 Å². The lowest BCUT2D eigenvalue weighted by Gasteiger charge is -2.15. The van der Waals surface area contributed by atoms with Crippen LogP contribution in [0.15, 0.2) is 24.3 Å². The largest absolute Gasteiger partial charge is 0.387 e. The highest BCUT2D eigenvalue weighted by Gasteiger charge is 2.22. The third-order valence-electron chi connectivity index (χ3n) is 2.64. The third-order valence-corrected chi connectivity index (χ3v) is 3.60. The van der Waals surface area contributed by atoms with E-state index in [9.17, 15) is 5.11 Å². The smallest absolute Gasteiger partial charge is 0.0917 e. The minimum absolute atomic E-state index is 0.219. The van der Waals surface area contributed by atoms with Crippen LogP contribution in [0, 0.1) is 0 Å². The van der Waals surface area contributed by atoms with Gasteiger partial charge in [0, 0.05) is 4.83 Å². The molecule has 70 valence electrons. The van der Waals surface area contributed by atoms with Crippen molar-refractivity contribution >= 4 is 15.9 Å². The van der Waals surface area contributed by atoms with E-state index in [-0.39, 0.29) is 10.9 Å². The number of alkyl halides is 1. The summed E-state index contributed by atoms with van der Waals surface area (Å²) < 4.78 is 0. The standard InChI is InChI=1S/C11H13BrO/c12-10-7-3-5-8-4-1-2-6-9(8)11(10)13/h1-2,4,6,10-11,13H,3,5,7H2/t10-,11-/m0/s1. The Labute approximate surface area is 86.9 Å². The fourth-order valence-electron chi connectivity index (χ4n) is 1.89. The SMILES string of the molecule is O[C@H]1c2ccccc2CCC[C@@H]1Br. The Balaban J connectivity index is 2.40. The molecule has 0 saturated heterocycles. The van der Waals surface area contributed by atoms with Gasteiger partial charge in [-0.15, -0.1) is 0 Å². The predicted octanol–water partition coefficient (Wildman–Crippen LogP) is 2.82. The van der Waals surface area contributed by atoms with Crippen LogP contribution in [0.4, 0.5) is 0 Å². The zero-order chi connectivity index (χ0) is 9.26. The van der Waals surface area contributed by atoms with Gasteiger partial charge in [0.25, 0.3) is 0 Å². The van der Waals surface area contributed by atoms with Crippen molar-refractivity contribution in [2.45, 2.75) is 30.2 Å². The first-order valence-electron chi connectivity index (χ1n) is 4.69. The van der Waals surface area contributed by atoms with Gasteiger partial charge in [0.1, 0.15) is 0 Å². The third kappa shape index (κ3) is 1.79. The van der Waals surface area contributed by atoms with Crippen LogP contribution in [0.1, 0.15) is 30.1 Å². The lowest BCUT2D eigenvalue weighted by Crippen LogP contribution is -2.10. The van der Waals surface area contributed by atoms with Gasteiger partial charge in [-0.2, -0.15) is 0 Å². The lowest BCUT2D eigenvalue weighted by atomic mass is 10.0. The van der Waals surface area contributed by atoms with Gasteiger partial charge in [-0.3, -0.25) is 0 Å². The van der Waals surface area contributed by atoms with Crippen LogP contribution in [0.5, 0.6) is 0 Å². The summed E-state index contributed by atoms with van der Waals surface area (Å²) in [5, 5.41) is 9.96. The molecule has 2 rings (SSSR count). The van der Waals surface area contributed by atoms with Gasteiger partial charge in [0.05, 0.1) is 6.10 Å². The lowest BCUT2D eigenvalue weighted by molar-refractivity contribution is 0.175. The molecule has 1 N–H and O–H groups in total. The molecule has 0 heterocycles. The summed E-state index contributed by atoms with van der Waals surface area (Å²) in [6.45, 7) is 0. The van der Waals surface area contributed by atoms with Crippen LogP contribution in [0.3, 0.4) is 0 Å². The summed E-state index contributed by atoms with van der Waals surface area (Å²) >= 11 is 3.52. The first-order chi connectivity index (χ1) is 6.29. The highest BCUT2D eigenvalue weighted by atomic mass is 79.9. The average Bonchev–Trinajstić information content (AvgIpc) is 2.29. The molecule has 1 aromatic carbocycles. The van der Waals surface area contributed by atoms with Crippen LogP contribution < -0.4 is 0 Å². The quantitative estimate of drug-likeness (QED) is 0.547. The zero-order valence-electron chi connectivity index (χ0n) is 7.41. The number of halogens is 1. The molecule has 2 heteroatoms. The zero-order valence-corrected chi connectivity index (χ0v) is 9.00. The van der Waals surface area contributed by atoms with E-state index in [0.29, 0.717) is 0 Å². The number of hydrogen-bond acceptors (Lipinski definition) is 1. The van der Waals surface area contributed by atoms with E-state index in [1.807, 2.05) is 18.2 Å². The minimum Gasteiger partial charge on any atom is -0.387 e. The van der Waals surface area contributed by atoms with Gasteiger partial charge < -0.3 is 5.11 Å². The molecule has 0 radical (unpaired) electrons. The van der Waals surface area contributed by atoms with E-state index in [1.54, 1.807) is 0 Å². The Morgan fingerprint density at radius 1 is 1.31 bits per heavy atom. The van der Waals surface area contributed by atoms with E-state index in [0.717, 1.165) is 24.8 Å². The van der Waals surface area contributed by atoms with Gasteiger partial charge in [0.2, 0.25) is 0 Å². The summed E-state index contributed by atoms with van der Waals surface area (Å²) in [7, 11) is 0. The predicted molar refractivity (Wildman–Crippen MR) is 57.1 cm³/mol. The maximum absolute atomic E-state index is 9.96. The molecule has 2 atom stereocenters. The van der Waals surface area contributed by atoms with Gasteiger partial charge >= 0.3 is 0 Å². The minimum atomic E-state index is -0.335. The molecule has 0 bridgehead atoms. The highest BCUT2D eigenvalue weighted by molar-refractivity contribution is 9.09. The summed E-state index contributed by atoms with van der Waals surface area (Å²) in [5.74, 6) is 0. The van der Waals surface area contributed by atoms with Crippen molar-refractivity contribution in [3.05, 3.63) is 35.4 Å². The van der Waals surface area contributed by atoms with E-state index in [4.69, 9.17) is 0 Å². The summed E-state index contributed by atoms with van der Waals surface area (Å²) in [6.07, 6.45) is 2.97. The van der Waals surface area contributed by atoms with Crippen molar-refractivity contribution in [1.82, 2.24) is 0 Å². The molecular weight excluding hydrogens is 228 g/mol. The van der Waals surface area contributed by atoms with Crippen LogP contribution in [-0.2, 0) is 6.42 Å². The normalized spacial score (nSPS) is 27.8. The van der Waals surface area contributed by atoms with Gasteiger partial charge in [-0.05, 0) is 30.4 Å². The molecule has 1 aliphatic rings. The second kappa shape index (κ2) is 3.81. The van der Waals surface area contributed by atoms with Crippen LogP contribution in [0.25, 0.3) is 0 Å². The number of aryl methyl sites for hydroxylation is 1. The van der Waals surface area contributed by atoms with Crippen molar-refractivity contribution in [3.8, 4) is 0 Å². The highest BCUT2D eigenvalue weighted by Crippen LogP contribution is 2.32. The Bertz CT molecular complexity index is 298. The molecule has 0 aliphatic heterocycles. The van der Waals surface area contributed by atoms with Gasteiger partial charge in [0.15, 0.2) is 0 Å². The van der Waals surface area contributed by atoms with Crippen LogP contribution in [-0.4, -0.2) is 9.93 Å². The molecule has 1 nitrogen and oxygen atoms in total. The molecule has 0 saturated carbocycles. The van der Waals surface area contributed by atoms with Crippen molar-refractivity contribution < 1.29 is 5.11 Å². The first-order valence-corrected chi connectivity index (χ1v) is 5.60. The van der Waals surface area contributed by atoms with Crippen molar-refractivity contribution in [2.75, 3.05) is 0 Å². The van der Waals surface area contributed by atoms with E-state index in [2.05, 4.69) is 22.0 Å². The molecule has 1 aliphatic carbocycles. The topological polar surface area (TPSA) is 20.2 Å². The molecule has 0 amide bonds. The van der Waals surface area contributed by atoms with E-state index >= 15 is 0 Å². The molecule has 0 aromatic heterocycles. The number of aliphatic hydroxyl groups excluding tert-OH is 1. The number of aliphatic hydroxyl groups is 1. The number of rotatable bonds is 0. The number of hydrogen-bond donors (Lipinski definition) is 1. The molecule has 1 aromatic rings. The number of benzene rings is 1. The Morgan fingerprint density at radius 3 is 2.92 bits per heavy atom. The van der Waals surface area contributed by atoms with Crippen molar-refractivity contribution in [1.29, 1.82) is 0 Å². The van der Waals surface area contributed by atoms with Crippen molar-refractivity contribution in [3.63, 3.8) is 0 Å². The van der Waals surface area contributed by atoms with Gasteiger partial charge in [-0.1, -0.05) is 40.2 Å². The second-order valence-electron chi connectivity index (χ2n) is 3.55. The fraction of sp³-hybridized carbons (Fsp3) is 0.455. The van der Waals surface area contributed by atoms with Crippen LogP contribution in [0.2, 0.25) is 0 Å². The molecular formula is C11H13BrO. The molecule has 0 spiro atoms. The Kier molecular flexibility index (Phi) is 2.70. The summed E-state index contributed by atoms with van der Waals surface area (Å²) in [6, 6.07) is 8.18. The second-order valence-corrected chi connectivity index (χ2v) is 4.73. The molecule has 13 heavy (non-hydrogen) atoms. The van der Waals surface area contributed by atoms with E-state index < -0.39 is 0 Å². The Hall–Kier alpha value is -0.340. The number of fused-ring (bicyclic) bond motifs is 1. The maximum Gasteiger partial charge on any atom is 0.0917 e. The van der Waals surface area contributed by atoms with Gasteiger partial charge in [-0.25, -0.2) is 0 Å².